The number of fused-ring (bicyclic) bond motifs is 1. The van der Waals surface area contributed by atoms with Crippen LogP contribution in [-0.4, -0.2) is 19.2 Å². The van der Waals surface area contributed by atoms with Gasteiger partial charge in [-0.25, -0.2) is 8.78 Å². The summed E-state index contributed by atoms with van der Waals surface area (Å²) in [7, 11) is 0. The molecule has 8 heteroatoms. The molecule has 96 valence electrons. The summed E-state index contributed by atoms with van der Waals surface area (Å²) in [4.78, 5) is 12.1. The zero-order chi connectivity index (χ0) is 13.6. The average Bonchev–Trinajstić information content (AvgIpc) is 2.76. The van der Waals surface area contributed by atoms with E-state index in [0.717, 1.165) is 16.7 Å². The van der Waals surface area contributed by atoms with Crippen LogP contribution in [0.15, 0.2) is 35.4 Å². The standard InChI is InChI=1S/C11H6F2N4OS/c12-7-2-1-6(5-8(7)13)16-3-4-17-9(10(16)18)14-15-11(17)19/h1-5H,(H,15,19). The monoisotopic (exact) mass is 280 g/mol. The molecule has 0 aliphatic heterocycles. The van der Waals surface area contributed by atoms with E-state index in [-0.39, 0.29) is 16.1 Å². The Balaban J connectivity index is 2.31. The average molecular weight is 280 g/mol. The number of nitrogens with one attached hydrogen (secondary N) is 1. The lowest BCUT2D eigenvalue weighted by molar-refractivity contribution is 0.508. The Hall–Kier alpha value is -2.35. The first kappa shape index (κ1) is 11.7. The van der Waals surface area contributed by atoms with Crippen LogP contribution in [0.2, 0.25) is 0 Å². The third-order valence-corrected chi connectivity index (χ3v) is 2.95. The van der Waals surface area contributed by atoms with Gasteiger partial charge >= 0.3 is 5.56 Å². The Morgan fingerprint density at radius 2 is 2.00 bits per heavy atom. The van der Waals surface area contributed by atoms with Crippen molar-refractivity contribution in [2.24, 2.45) is 0 Å². The molecule has 0 aliphatic carbocycles. The maximum absolute atomic E-state index is 13.2. The van der Waals surface area contributed by atoms with Crippen LogP contribution in [0.3, 0.4) is 0 Å². The van der Waals surface area contributed by atoms with Crippen LogP contribution in [0.5, 0.6) is 0 Å². The van der Waals surface area contributed by atoms with Gasteiger partial charge in [-0.1, -0.05) is 0 Å². The topological polar surface area (TPSA) is 55.1 Å². The molecule has 3 rings (SSSR count). The van der Waals surface area contributed by atoms with Crippen LogP contribution in [-0.2, 0) is 0 Å². The Morgan fingerprint density at radius 3 is 2.74 bits per heavy atom. The number of nitrogens with zero attached hydrogens (tertiary/aromatic N) is 3. The fourth-order valence-corrected chi connectivity index (χ4v) is 1.93. The summed E-state index contributed by atoms with van der Waals surface area (Å²) in [5.41, 5.74) is -0.196. The molecule has 0 atom stereocenters. The molecule has 1 N–H and O–H groups in total. The largest absolute Gasteiger partial charge is 0.300 e. The molecule has 2 heterocycles. The van der Waals surface area contributed by atoms with E-state index in [4.69, 9.17) is 12.2 Å². The van der Waals surface area contributed by atoms with Crippen molar-refractivity contribution < 1.29 is 8.78 Å². The molecule has 0 aliphatic rings. The molecule has 0 unspecified atom stereocenters. The molecular weight excluding hydrogens is 274 g/mol. The van der Waals surface area contributed by atoms with Gasteiger partial charge < -0.3 is 0 Å². The van der Waals surface area contributed by atoms with Gasteiger partial charge in [0.1, 0.15) is 0 Å². The van der Waals surface area contributed by atoms with E-state index in [2.05, 4.69) is 10.2 Å². The first-order valence-corrected chi connectivity index (χ1v) is 5.62. The van der Waals surface area contributed by atoms with Crippen molar-refractivity contribution in [1.82, 2.24) is 19.2 Å². The minimum atomic E-state index is -1.02. The molecule has 0 saturated heterocycles. The first-order valence-electron chi connectivity index (χ1n) is 5.22. The van der Waals surface area contributed by atoms with Gasteiger partial charge in [0.05, 0.1) is 5.69 Å². The zero-order valence-electron chi connectivity index (χ0n) is 9.30. The Labute approximate surface area is 109 Å². The Kier molecular flexibility index (Phi) is 2.53. The van der Waals surface area contributed by atoms with E-state index >= 15 is 0 Å². The number of H-pyrrole nitrogens is 1. The van der Waals surface area contributed by atoms with Crippen molar-refractivity contribution in [2.45, 2.75) is 0 Å². The van der Waals surface area contributed by atoms with E-state index in [1.54, 1.807) is 0 Å². The van der Waals surface area contributed by atoms with Gasteiger partial charge in [-0.3, -0.25) is 18.9 Å². The summed E-state index contributed by atoms with van der Waals surface area (Å²) in [5.74, 6) is -2.00. The number of benzene rings is 1. The maximum Gasteiger partial charge on any atom is 0.300 e. The van der Waals surface area contributed by atoms with E-state index < -0.39 is 17.2 Å². The number of hydrogen-bond acceptors (Lipinski definition) is 3. The van der Waals surface area contributed by atoms with Gasteiger partial charge in [0.25, 0.3) is 0 Å². The normalized spacial score (nSPS) is 11.1. The van der Waals surface area contributed by atoms with Gasteiger partial charge in [-0.15, -0.1) is 5.10 Å². The first-order chi connectivity index (χ1) is 9.08. The highest BCUT2D eigenvalue weighted by Gasteiger charge is 2.09. The summed E-state index contributed by atoms with van der Waals surface area (Å²) in [6.07, 6.45) is 2.93. The lowest BCUT2D eigenvalue weighted by atomic mass is 10.3. The van der Waals surface area contributed by atoms with Crippen LogP contribution in [0.1, 0.15) is 0 Å². The highest BCUT2D eigenvalue weighted by molar-refractivity contribution is 7.71. The lowest BCUT2D eigenvalue weighted by Crippen LogP contribution is -2.20. The molecule has 0 bridgehead atoms. The molecule has 0 fully saturated rings. The number of halogens is 2. The molecule has 0 saturated carbocycles. The second-order valence-electron chi connectivity index (χ2n) is 3.79. The minimum Gasteiger partial charge on any atom is -0.279 e. The molecule has 0 amide bonds. The van der Waals surface area contributed by atoms with E-state index in [9.17, 15) is 13.6 Å². The second kappa shape index (κ2) is 4.09. The number of hydrogen-bond donors (Lipinski definition) is 1. The summed E-state index contributed by atoms with van der Waals surface area (Å²) in [5, 5.41) is 6.27. The Morgan fingerprint density at radius 1 is 1.21 bits per heavy atom. The molecule has 0 spiro atoms. The van der Waals surface area contributed by atoms with Crippen LogP contribution < -0.4 is 5.56 Å². The van der Waals surface area contributed by atoms with Gasteiger partial charge in [0, 0.05) is 18.5 Å². The molecule has 5 nitrogen and oxygen atoms in total. The summed E-state index contributed by atoms with van der Waals surface area (Å²) in [6, 6.07) is 3.20. The van der Waals surface area contributed by atoms with Gasteiger partial charge in [0.2, 0.25) is 5.65 Å². The molecular formula is C11H6F2N4OS. The summed E-state index contributed by atoms with van der Waals surface area (Å²) < 4.78 is 28.9. The minimum absolute atomic E-state index is 0.0808. The van der Waals surface area contributed by atoms with Crippen molar-refractivity contribution in [3.8, 4) is 5.69 Å². The highest BCUT2D eigenvalue weighted by atomic mass is 32.1. The van der Waals surface area contributed by atoms with E-state index in [1.807, 2.05) is 0 Å². The van der Waals surface area contributed by atoms with Gasteiger partial charge in [-0.2, -0.15) is 0 Å². The van der Waals surface area contributed by atoms with E-state index in [1.165, 1.54) is 22.9 Å². The van der Waals surface area contributed by atoms with Crippen LogP contribution in [0.25, 0.3) is 11.3 Å². The summed E-state index contributed by atoms with van der Waals surface area (Å²) in [6.45, 7) is 0. The number of rotatable bonds is 1. The highest BCUT2D eigenvalue weighted by Crippen LogP contribution is 2.11. The third-order valence-electron chi connectivity index (χ3n) is 2.66. The molecule has 19 heavy (non-hydrogen) atoms. The quantitative estimate of drug-likeness (QED) is 0.692. The molecule has 0 radical (unpaired) electrons. The molecule has 2 aromatic heterocycles. The molecule has 3 aromatic rings. The predicted molar refractivity (Wildman–Crippen MR) is 65.9 cm³/mol. The maximum atomic E-state index is 13.2. The van der Waals surface area contributed by atoms with E-state index in [0.29, 0.717) is 0 Å². The third kappa shape index (κ3) is 1.76. The van der Waals surface area contributed by atoms with Gasteiger partial charge in [-0.05, 0) is 24.4 Å². The SMILES string of the molecule is O=c1c2n[nH]c(=S)n2ccn1-c1ccc(F)c(F)c1. The van der Waals surface area contributed by atoms with Crippen LogP contribution in [0.4, 0.5) is 8.78 Å². The Bertz CT molecular complexity index is 896. The number of aromatic nitrogens is 4. The van der Waals surface area contributed by atoms with Crippen molar-refractivity contribution in [3.63, 3.8) is 0 Å². The zero-order valence-corrected chi connectivity index (χ0v) is 10.1. The fraction of sp³-hybridized carbons (Fsp3) is 0. The fourth-order valence-electron chi connectivity index (χ4n) is 1.74. The van der Waals surface area contributed by atoms with Crippen LogP contribution >= 0.6 is 12.2 Å². The number of aromatic amines is 1. The van der Waals surface area contributed by atoms with Crippen molar-refractivity contribution >= 4 is 17.9 Å². The van der Waals surface area contributed by atoms with Gasteiger partial charge in [0.15, 0.2) is 16.4 Å². The van der Waals surface area contributed by atoms with Crippen LogP contribution in [0, 0.1) is 16.4 Å². The lowest BCUT2D eigenvalue weighted by Gasteiger charge is -2.05. The van der Waals surface area contributed by atoms with Crippen molar-refractivity contribution in [3.05, 3.63) is 57.4 Å². The molecule has 1 aromatic carbocycles. The smallest absolute Gasteiger partial charge is 0.279 e. The van der Waals surface area contributed by atoms with Crippen molar-refractivity contribution in [1.29, 1.82) is 0 Å². The summed E-state index contributed by atoms with van der Waals surface area (Å²) >= 11 is 4.93. The predicted octanol–water partition coefficient (Wildman–Crippen LogP) is 1.82. The van der Waals surface area contributed by atoms with Crippen molar-refractivity contribution in [2.75, 3.05) is 0 Å². The second-order valence-corrected chi connectivity index (χ2v) is 4.18.